The van der Waals surface area contributed by atoms with E-state index in [2.05, 4.69) is 10.6 Å². The molecule has 14 heteroatoms. The van der Waals surface area contributed by atoms with E-state index in [1.807, 2.05) is 44.2 Å². The average Bonchev–Trinajstić information content (AvgIpc) is 3.65. The van der Waals surface area contributed by atoms with Crippen molar-refractivity contribution >= 4 is 27.8 Å². The highest BCUT2D eigenvalue weighted by atomic mass is 32.2. The zero-order valence-corrected chi connectivity index (χ0v) is 28.6. The van der Waals surface area contributed by atoms with E-state index in [1.165, 1.54) is 21.3 Å². The fourth-order valence-corrected chi connectivity index (χ4v) is 7.98. The normalized spacial score (nSPS) is 20.8. The van der Waals surface area contributed by atoms with E-state index in [1.54, 1.807) is 33.3 Å². The number of rotatable bonds is 15. The Bertz CT molecular complexity index is 1460. The first-order chi connectivity index (χ1) is 22.2. The maximum absolute atomic E-state index is 14.3. The molecule has 2 aromatic carbocycles. The van der Waals surface area contributed by atoms with Crippen LogP contribution >= 0.6 is 0 Å². The van der Waals surface area contributed by atoms with Crippen LogP contribution in [0.4, 0.5) is 15.3 Å². The summed E-state index contributed by atoms with van der Waals surface area (Å²) >= 11 is 0. The maximum Gasteiger partial charge on any atom is 0.316 e. The molecular formula is C33H48N5O8S-. The summed E-state index contributed by atoms with van der Waals surface area (Å²) in [4.78, 5) is 27.6. The number of amides is 3. The number of hydrogen-bond donors (Lipinski definition) is 3. The SMILES string of the molecule is CNc1cccc(S(=O)(=O)N(C[C@@H](O)[C@H](Cc2ccccc2)N(C(=O)[O-])[C@H]2CO[C@H]3OCC[C@H]32)CC(C)(C)CCNC(=O)N(C)C)c1. The molecule has 2 aromatic rings. The van der Waals surface area contributed by atoms with Crippen LogP contribution in [0.15, 0.2) is 59.5 Å². The van der Waals surface area contributed by atoms with Crippen molar-refractivity contribution in [1.29, 1.82) is 0 Å². The quantitative estimate of drug-likeness (QED) is 0.256. The number of ether oxygens (including phenoxy) is 2. The van der Waals surface area contributed by atoms with Gasteiger partial charge in [0, 0.05) is 52.4 Å². The first-order valence-electron chi connectivity index (χ1n) is 15.9. The van der Waals surface area contributed by atoms with E-state index in [9.17, 15) is 28.2 Å². The predicted octanol–water partition coefficient (Wildman–Crippen LogP) is 1.79. The molecule has 2 heterocycles. The van der Waals surface area contributed by atoms with Crippen LogP contribution in [0.5, 0.6) is 0 Å². The summed E-state index contributed by atoms with van der Waals surface area (Å²) in [5.41, 5.74) is 0.717. The molecule has 5 atom stereocenters. The second kappa shape index (κ2) is 15.6. The average molecular weight is 675 g/mol. The molecule has 0 radical (unpaired) electrons. The Kier molecular flexibility index (Phi) is 12.1. The van der Waals surface area contributed by atoms with Gasteiger partial charge in [-0.3, -0.25) is 0 Å². The lowest BCUT2D eigenvalue weighted by atomic mass is 9.89. The van der Waals surface area contributed by atoms with Crippen LogP contribution in [0.3, 0.4) is 0 Å². The van der Waals surface area contributed by atoms with Gasteiger partial charge in [0.2, 0.25) is 10.0 Å². The molecule has 2 aliphatic rings. The lowest BCUT2D eigenvalue weighted by Gasteiger charge is -2.43. The van der Waals surface area contributed by atoms with E-state index in [4.69, 9.17) is 9.47 Å². The number of benzene rings is 2. The number of anilines is 1. The number of sulfonamides is 1. The number of nitrogens with zero attached hydrogens (tertiary/aromatic N) is 3. The molecule has 2 saturated heterocycles. The Morgan fingerprint density at radius 3 is 2.49 bits per heavy atom. The monoisotopic (exact) mass is 674 g/mol. The predicted molar refractivity (Wildman–Crippen MR) is 175 cm³/mol. The summed E-state index contributed by atoms with van der Waals surface area (Å²) in [6.07, 6.45) is -2.31. The molecule has 4 rings (SSSR count). The number of aliphatic hydroxyl groups is 1. The second-order valence-electron chi connectivity index (χ2n) is 13.2. The zero-order valence-electron chi connectivity index (χ0n) is 27.8. The van der Waals surface area contributed by atoms with Gasteiger partial charge in [-0.1, -0.05) is 50.2 Å². The maximum atomic E-state index is 14.3. The summed E-state index contributed by atoms with van der Waals surface area (Å²) < 4.78 is 41.2. The van der Waals surface area contributed by atoms with Gasteiger partial charge in [-0.25, -0.2) is 13.2 Å². The highest BCUT2D eigenvalue weighted by molar-refractivity contribution is 7.89. The second-order valence-corrected chi connectivity index (χ2v) is 15.1. The molecule has 0 spiro atoms. The molecule has 260 valence electrons. The Labute approximate surface area is 277 Å². The van der Waals surface area contributed by atoms with E-state index >= 15 is 0 Å². The molecule has 47 heavy (non-hydrogen) atoms. The molecule has 2 aliphatic heterocycles. The number of aliphatic hydroxyl groups excluding tert-OH is 1. The highest BCUT2D eigenvalue weighted by Crippen LogP contribution is 2.36. The molecule has 0 aliphatic carbocycles. The van der Waals surface area contributed by atoms with E-state index in [0.29, 0.717) is 31.7 Å². The summed E-state index contributed by atoms with van der Waals surface area (Å²) in [5.74, 6) is -0.237. The Morgan fingerprint density at radius 1 is 1.11 bits per heavy atom. The van der Waals surface area contributed by atoms with Gasteiger partial charge in [-0.05, 0) is 48.4 Å². The van der Waals surface area contributed by atoms with Crippen LogP contribution in [0.25, 0.3) is 0 Å². The van der Waals surface area contributed by atoms with Crippen LogP contribution in [0, 0.1) is 11.3 Å². The van der Waals surface area contributed by atoms with Crippen molar-refractivity contribution in [3.63, 3.8) is 0 Å². The van der Waals surface area contributed by atoms with E-state index in [-0.39, 0.29) is 43.0 Å². The largest absolute Gasteiger partial charge is 0.530 e. The van der Waals surface area contributed by atoms with Crippen molar-refractivity contribution in [2.45, 2.75) is 62.5 Å². The van der Waals surface area contributed by atoms with Gasteiger partial charge in [0.05, 0.1) is 36.3 Å². The Hall–Kier alpha value is -3.43. The van der Waals surface area contributed by atoms with Crippen LogP contribution in [0.1, 0.15) is 32.3 Å². The standard InChI is InChI=1S/C33H49N5O8S/c1-33(2,15-16-35-31(40)36(4)5)22-37(47(43,44)25-13-9-12-24(19-25)34-3)20-29(39)27(18-23-10-7-6-8-11-23)38(32(41)42)28-21-46-30-26(28)14-17-45-30/h6-13,19,26-30,34,39H,14-18,20-22H2,1-5H3,(H,35,40)(H,41,42)/p-1/t26-,27-,28-,29+,30+/m0/s1. The summed E-state index contributed by atoms with van der Waals surface area (Å²) in [5, 5.41) is 30.6. The van der Waals surface area contributed by atoms with Crippen molar-refractivity contribution in [2.24, 2.45) is 11.3 Å². The number of hydrogen-bond acceptors (Lipinski definition) is 9. The molecular weight excluding hydrogens is 626 g/mol. The number of fused-ring (bicyclic) bond motifs is 1. The van der Waals surface area contributed by atoms with Crippen molar-refractivity contribution in [2.75, 3.05) is 59.3 Å². The van der Waals surface area contributed by atoms with Gasteiger partial charge in [0.15, 0.2) is 6.29 Å². The zero-order chi connectivity index (χ0) is 34.4. The van der Waals surface area contributed by atoms with Gasteiger partial charge >= 0.3 is 6.03 Å². The lowest BCUT2D eigenvalue weighted by Crippen LogP contribution is -2.61. The Morgan fingerprint density at radius 2 is 1.83 bits per heavy atom. The molecule has 0 unspecified atom stereocenters. The smallest absolute Gasteiger partial charge is 0.316 e. The van der Waals surface area contributed by atoms with E-state index in [0.717, 1.165) is 10.5 Å². The van der Waals surface area contributed by atoms with Crippen molar-refractivity contribution < 1.29 is 37.7 Å². The third-order valence-corrected chi connectivity index (χ3v) is 10.7. The molecule has 0 bridgehead atoms. The van der Waals surface area contributed by atoms with Gasteiger partial charge in [0.25, 0.3) is 0 Å². The number of nitrogens with one attached hydrogen (secondary N) is 2. The fourth-order valence-electron chi connectivity index (χ4n) is 6.28. The minimum atomic E-state index is -4.19. The number of urea groups is 1. The van der Waals surface area contributed by atoms with Crippen LogP contribution in [-0.4, -0.2) is 118 Å². The minimum absolute atomic E-state index is 0.0114. The van der Waals surface area contributed by atoms with Gasteiger partial charge in [0.1, 0.15) is 6.09 Å². The third-order valence-electron chi connectivity index (χ3n) is 8.91. The van der Waals surface area contributed by atoms with Gasteiger partial charge in [-0.2, -0.15) is 4.31 Å². The number of carbonyl (C=O) groups excluding carboxylic acids is 2. The molecule has 3 amide bonds. The molecule has 3 N–H and O–H groups in total. The minimum Gasteiger partial charge on any atom is -0.530 e. The first kappa shape index (κ1) is 36.4. The highest BCUT2D eigenvalue weighted by Gasteiger charge is 2.47. The van der Waals surface area contributed by atoms with Gasteiger partial charge in [-0.15, -0.1) is 0 Å². The lowest BCUT2D eigenvalue weighted by molar-refractivity contribution is -0.273. The summed E-state index contributed by atoms with van der Waals surface area (Å²) in [6.45, 7) is 4.18. The number of carboxylic acid groups (broad SMARTS) is 1. The molecule has 13 nitrogen and oxygen atoms in total. The van der Waals surface area contributed by atoms with Crippen molar-refractivity contribution in [3.05, 3.63) is 60.2 Å². The van der Waals surface area contributed by atoms with Crippen LogP contribution in [-0.2, 0) is 25.9 Å². The fraction of sp³-hybridized carbons (Fsp3) is 0.576. The van der Waals surface area contributed by atoms with Gasteiger partial charge < -0.3 is 44.9 Å². The third kappa shape index (κ3) is 9.14. The Balaban J connectivity index is 1.68. The molecule has 0 saturated carbocycles. The molecule has 2 fully saturated rings. The van der Waals surface area contributed by atoms with E-state index < -0.39 is 46.0 Å². The molecule has 0 aromatic heterocycles. The van der Waals surface area contributed by atoms with Crippen molar-refractivity contribution in [1.82, 2.24) is 19.4 Å². The van der Waals surface area contributed by atoms with Crippen molar-refractivity contribution in [3.8, 4) is 0 Å². The summed E-state index contributed by atoms with van der Waals surface area (Å²) in [6, 6.07) is 13.6. The van der Waals surface area contributed by atoms with Crippen LogP contribution in [0.2, 0.25) is 0 Å². The first-order valence-corrected chi connectivity index (χ1v) is 17.3. The topological polar surface area (TPSA) is 164 Å². The summed E-state index contributed by atoms with van der Waals surface area (Å²) in [7, 11) is 0.765. The van der Waals surface area contributed by atoms with Crippen LogP contribution < -0.4 is 15.7 Å². The number of carbonyl (C=O) groups is 2.